The maximum Gasteiger partial charge on any atom is 0.419 e. The molecule has 0 amide bonds. The molecule has 0 aliphatic carbocycles. The second-order valence-electron chi connectivity index (χ2n) is 5.58. The zero-order chi connectivity index (χ0) is 20.7. The van der Waals surface area contributed by atoms with E-state index in [2.05, 4.69) is 10.3 Å². The molecule has 0 aliphatic heterocycles. The highest BCUT2D eigenvalue weighted by atomic mass is 32.2. The maximum atomic E-state index is 13.5. The van der Waals surface area contributed by atoms with Crippen molar-refractivity contribution in [1.29, 1.82) is 5.26 Å². The van der Waals surface area contributed by atoms with Gasteiger partial charge in [0, 0.05) is 25.3 Å². The number of nitrogen functional groups attached to an aromatic ring is 1. The van der Waals surface area contributed by atoms with E-state index in [0.717, 1.165) is 6.07 Å². The minimum Gasteiger partial charge on any atom is -0.493 e. The van der Waals surface area contributed by atoms with Gasteiger partial charge >= 0.3 is 6.18 Å². The zero-order valence-electron chi connectivity index (χ0n) is 15.3. The first-order chi connectivity index (χ1) is 13.3. The molecular weight excluding hydrogens is 393 g/mol. The van der Waals surface area contributed by atoms with E-state index in [1.54, 1.807) is 13.3 Å². The summed E-state index contributed by atoms with van der Waals surface area (Å²) in [7, 11) is 1.59. The molecule has 150 valence electrons. The first-order valence-corrected chi connectivity index (χ1v) is 9.35. The molecule has 0 atom stereocenters. The lowest BCUT2D eigenvalue weighted by Crippen LogP contribution is -2.10. The molecule has 0 radical (unpaired) electrons. The molecule has 1 aromatic heterocycles. The molecule has 0 fully saturated rings. The van der Waals surface area contributed by atoms with Crippen LogP contribution in [0, 0.1) is 11.3 Å². The Morgan fingerprint density at radius 1 is 1.29 bits per heavy atom. The van der Waals surface area contributed by atoms with Gasteiger partial charge in [0.15, 0.2) is 5.69 Å². The molecular formula is C18H19F3N4O2S. The molecule has 0 saturated carbocycles. The highest BCUT2D eigenvalue weighted by Gasteiger charge is 2.35. The summed E-state index contributed by atoms with van der Waals surface area (Å²) in [4.78, 5) is 4.07. The van der Waals surface area contributed by atoms with Crippen molar-refractivity contribution in [1.82, 2.24) is 4.98 Å². The number of anilines is 2. The van der Waals surface area contributed by atoms with Crippen LogP contribution in [0.2, 0.25) is 0 Å². The van der Waals surface area contributed by atoms with E-state index in [-0.39, 0.29) is 35.0 Å². The number of rotatable bonds is 8. The Balaban J connectivity index is 2.39. The van der Waals surface area contributed by atoms with Crippen LogP contribution in [-0.4, -0.2) is 31.5 Å². The molecule has 0 aliphatic rings. The van der Waals surface area contributed by atoms with Crippen molar-refractivity contribution in [3.8, 4) is 23.1 Å². The van der Waals surface area contributed by atoms with Gasteiger partial charge in [-0.15, -0.1) is 0 Å². The number of nitrogens with zero attached hydrogens (tertiary/aromatic N) is 2. The Morgan fingerprint density at radius 3 is 2.64 bits per heavy atom. The molecule has 6 nitrogen and oxygen atoms in total. The standard InChI is InChI=1S/C18H19F3N4O2S/c1-24-14-9-13(25-15(10-22)17(14)23)11-4-5-16(12(8-11)18(19,20)21)26-6-3-7-27-28-2/h4-5,8-9H,3,6-7,23H2,1-2H3,(H,24,25). The lowest BCUT2D eigenvalue weighted by molar-refractivity contribution is -0.138. The summed E-state index contributed by atoms with van der Waals surface area (Å²) < 4.78 is 50.9. The molecule has 2 aromatic rings. The van der Waals surface area contributed by atoms with Gasteiger partial charge in [0.05, 0.1) is 35.8 Å². The summed E-state index contributed by atoms with van der Waals surface area (Å²) in [5.74, 6) is -0.273. The van der Waals surface area contributed by atoms with Crippen molar-refractivity contribution in [2.45, 2.75) is 12.6 Å². The molecule has 1 aromatic carbocycles. The van der Waals surface area contributed by atoms with E-state index in [0.29, 0.717) is 18.7 Å². The normalized spacial score (nSPS) is 11.1. The average molecular weight is 412 g/mol. The smallest absolute Gasteiger partial charge is 0.419 e. The number of aromatic nitrogens is 1. The van der Waals surface area contributed by atoms with E-state index < -0.39 is 11.7 Å². The largest absolute Gasteiger partial charge is 0.493 e. The Morgan fingerprint density at radius 2 is 2.04 bits per heavy atom. The number of pyridine rings is 1. The number of nitriles is 1. The van der Waals surface area contributed by atoms with Crippen LogP contribution in [0.5, 0.6) is 5.75 Å². The second kappa shape index (κ2) is 9.52. The molecule has 10 heteroatoms. The van der Waals surface area contributed by atoms with E-state index >= 15 is 0 Å². The van der Waals surface area contributed by atoms with Crippen molar-refractivity contribution < 1.29 is 22.1 Å². The summed E-state index contributed by atoms with van der Waals surface area (Å²) in [6.45, 7) is 0.464. The molecule has 28 heavy (non-hydrogen) atoms. The van der Waals surface area contributed by atoms with Crippen LogP contribution in [0.3, 0.4) is 0 Å². The van der Waals surface area contributed by atoms with Crippen molar-refractivity contribution in [2.75, 3.05) is 37.6 Å². The zero-order valence-corrected chi connectivity index (χ0v) is 16.1. The summed E-state index contributed by atoms with van der Waals surface area (Å²) in [6.07, 6.45) is -2.40. The fraction of sp³-hybridized carbons (Fsp3) is 0.333. The molecule has 0 bridgehead atoms. The van der Waals surface area contributed by atoms with Gasteiger partial charge in [0.1, 0.15) is 11.8 Å². The topological polar surface area (TPSA) is 93.2 Å². The molecule has 0 saturated heterocycles. The van der Waals surface area contributed by atoms with Crippen LogP contribution < -0.4 is 15.8 Å². The van der Waals surface area contributed by atoms with Gasteiger partial charge in [-0.25, -0.2) is 4.98 Å². The van der Waals surface area contributed by atoms with Crippen molar-refractivity contribution in [3.05, 3.63) is 35.5 Å². The lowest BCUT2D eigenvalue weighted by Gasteiger charge is -2.16. The minimum atomic E-state index is -4.61. The summed E-state index contributed by atoms with van der Waals surface area (Å²) in [5.41, 5.74) is 5.75. The number of benzene rings is 1. The number of nitrogens with one attached hydrogen (secondary N) is 1. The maximum absolute atomic E-state index is 13.5. The first kappa shape index (κ1) is 21.7. The van der Waals surface area contributed by atoms with Crippen LogP contribution in [0.4, 0.5) is 24.5 Å². The fourth-order valence-electron chi connectivity index (χ4n) is 2.41. The Bertz CT molecular complexity index is 869. The highest BCUT2D eigenvalue weighted by Crippen LogP contribution is 2.39. The van der Waals surface area contributed by atoms with Crippen molar-refractivity contribution in [2.24, 2.45) is 0 Å². The highest BCUT2D eigenvalue weighted by molar-refractivity contribution is 7.93. The van der Waals surface area contributed by atoms with Gasteiger partial charge in [-0.2, -0.15) is 18.4 Å². The molecule has 2 rings (SSSR count). The first-order valence-electron chi connectivity index (χ1n) is 8.20. The van der Waals surface area contributed by atoms with E-state index in [1.165, 1.54) is 30.2 Å². The number of hydrogen-bond donors (Lipinski definition) is 2. The summed E-state index contributed by atoms with van der Waals surface area (Å²) in [5, 5.41) is 12.0. The van der Waals surface area contributed by atoms with Crippen LogP contribution in [0.25, 0.3) is 11.3 Å². The SMILES string of the molecule is CNc1cc(-c2ccc(OCCCOSC)c(C(F)(F)F)c2)nc(C#N)c1N. The molecule has 0 unspecified atom stereocenters. The van der Waals surface area contributed by atoms with E-state index in [9.17, 15) is 13.2 Å². The third kappa shape index (κ3) is 5.21. The van der Waals surface area contributed by atoms with E-state index in [1.807, 2.05) is 6.07 Å². The number of hydrogen-bond acceptors (Lipinski definition) is 7. The summed E-state index contributed by atoms with van der Waals surface area (Å²) >= 11 is 1.18. The predicted octanol–water partition coefficient (Wildman–Crippen LogP) is 4.33. The van der Waals surface area contributed by atoms with Gasteiger partial charge in [-0.3, -0.25) is 0 Å². The predicted molar refractivity (Wildman–Crippen MR) is 103 cm³/mol. The van der Waals surface area contributed by atoms with Crippen LogP contribution in [-0.2, 0) is 10.4 Å². The number of ether oxygens (including phenoxy) is 1. The lowest BCUT2D eigenvalue weighted by atomic mass is 10.0. The second-order valence-corrected chi connectivity index (χ2v) is 6.15. The van der Waals surface area contributed by atoms with Gasteiger partial charge in [0.2, 0.25) is 0 Å². The number of alkyl halides is 3. The Kier molecular flexibility index (Phi) is 7.37. The van der Waals surface area contributed by atoms with Gasteiger partial charge in [-0.05, 0) is 36.3 Å². The van der Waals surface area contributed by atoms with Gasteiger partial charge < -0.3 is 20.0 Å². The summed E-state index contributed by atoms with van der Waals surface area (Å²) in [6, 6.07) is 6.99. The molecule has 3 N–H and O–H groups in total. The van der Waals surface area contributed by atoms with Crippen molar-refractivity contribution >= 4 is 23.4 Å². The third-order valence-electron chi connectivity index (χ3n) is 3.76. The van der Waals surface area contributed by atoms with Gasteiger partial charge in [-0.1, -0.05) is 0 Å². The Hall–Kier alpha value is -2.64. The van der Waals surface area contributed by atoms with Crippen LogP contribution in [0.1, 0.15) is 17.7 Å². The quantitative estimate of drug-likeness (QED) is 0.492. The molecule has 0 spiro atoms. The molecule has 1 heterocycles. The third-order valence-corrected chi connectivity index (χ3v) is 4.16. The number of nitrogens with two attached hydrogens (primary N) is 1. The monoisotopic (exact) mass is 412 g/mol. The average Bonchev–Trinajstić information content (AvgIpc) is 2.67. The number of halogens is 3. The Labute approximate surface area is 165 Å². The van der Waals surface area contributed by atoms with Gasteiger partial charge in [0.25, 0.3) is 0 Å². The fourth-order valence-corrected chi connectivity index (χ4v) is 2.70. The van der Waals surface area contributed by atoms with Crippen LogP contribution >= 0.6 is 12.0 Å². The van der Waals surface area contributed by atoms with Crippen LogP contribution in [0.15, 0.2) is 24.3 Å². The van der Waals surface area contributed by atoms with E-state index in [4.69, 9.17) is 19.9 Å². The van der Waals surface area contributed by atoms with Crippen molar-refractivity contribution in [3.63, 3.8) is 0 Å². The minimum absolute atomic E-state index is 0.0653.